The van der Waals surface area contributed by atoms with Crippen molar-refractivity contribution in [1.82, 2.24) is 4.98 Å². The summed E-state index contributed by atoms with van der Waals surface area (Å²) in [6.45, 7) is 1.92. The number of aromatic nitrogens is 1. The first-order valence-electron chi connectivity index (χ1n) is 9.37. The van der Waals surface area contributed by atoms with E-state index < -0.39 is 5.82 Å². The maximum atomic E-state index is 13.9. The van der Waals surface area contributed by atoms with Crippen LogP contribution < -0.4 is 5.73 Å². The summed E-state index contributed by atoms with van der Waals surface area (Å²) in [5.41, 5.74) is 9.58. The van der Waals surface area contributed by atoms with E-state index in [4.69, 9.17) is 10.9 Å². The standard InChI is InChI=1S/C23H20FN3O3/c1-2-12-3-6-16(22(29)21(12)17-11-15(24)5-8-20(17)28)19-10-14-9-13(23(25)27-30)4-7-18(14)26-19/h3-11,26,28-30H,2H2,1H3,(H2,25,27). The molecule has 0 spiro atoms. The molecule has 0 aliphatic heterocycles. The van der Waals surface area contributed by atoms with E-state index >= 15 is 0 Å². The van der Waals surface area contributed by atoms with Gasteiger partial charge >= 0.3 is 0 Å². The van der Waals surface area contributed by atoms with Crippen molar-refractivity contribution in [2.24, 2.45) is 10.9 Å². The molecule has 4 rings (SSSR count). The van der Waals surface area contributed by atoms with Gasteiger partial charge in [0.2, 0.25) is 0 Å². The fourth-order valence-electron chi connectivity index (χ4n) is 3.65. The van der Waals surface area contributed by atoms with Crippen LogP contribution in [0.15, 0.2) is 59.8 Å². The van der Waals surface area contributed by atoms with Gasteiger partial charge in [-0.1, -0.05) is 18.1 Å². The molecule has 0 saturated carbocycles. The molecule has 6 N–H and O–H groups in total. The molecule has 0 bridgehead atoms. The second-order valence-electron chi connectivity index (χ2n) is 6.98. The number of aryl methyl sites for hydroxylation is 1. The zero-order valence-corrected chi connectivity index (χ0v) is 16.1. The summed E-state index contributed by atoms with van der Waals surface area (Å²) >= 11 is 0. The zero-order chi connectivity index (χ0) is 21.4. The summed E-state index contributed by atoms with van der Waals surface area (Å²) in [6.07, 6.45) is 0.592. The highest BCUT2D eigenvalue weighted by Crippen LogP contribution is 2.44. The van der Waals surface area contributed by atoms with Crippen LogP contribution >= 0.6 is 0 Å². The predicted molar refractivity (Wildman–Crippen MR) is 114 cm³/mol. The van der Waals surface area contributed by atoms with Crippen molar-refractivity contribution in [3.8, 4) is 33.9 Å². The molecule has 0 aliphatic carbocycles. The lowest BCUT2D eigenvalue weighted by Crippen LogP contribution is -2.12. The van der Waals surface area contributed by atoms with Gasteiger partial charge in [-0.2, -0.15) is 0 Å². The number of halogens is 1. The van der Waals surface area contributed by atoms with Crippen molar-refractivity contribution in [2.75, 3.05) is 0 Å². The monoisotopic (exact) mass is 405 g/mol. The summed E-state index contributed by atoms with van der Waals surface area (Å²) in [5, 5.41) is 34.1. The molecule has 7 heteroatoms. The number of hydrogen-bond acceptors (Lipinski definition) is 4. The van der Waals surface area contributed by atoms with E-state index in [1.165, 1.54) is 18.2 Å². The molecular formula is C23H20FN3O3. The number of benzene rings is 3. The predicted octanol–water partition coefficient (Wildman–Crippen LogP) is 4.71. The van der Waals surface area contributed by atoms with Crippen molar-refractivity contribution >= 4 is 16.7 Å². The van der Waals surface area contributed by atoms with Gasteiger partial charge in [0.25, 0.3) is 0 Å². The molecule has 4 aromatic rings. The van der Waals surface area contributed by atoms with Crippen LogP contribution in [0.25, 0.3) is 33.3 Å². The lowest BCUT2D eigenvalue weighted by molar-refractivity contribution is 0.318. The summed E-state index contributed by atoms with van der Waals surface area (Å²) in [7, 11) is 0. The average Bonchev–Trinajstić information content (AvgIpc) is 3.17. The number of phenolic OH excluding ortho intramolecular Hbond substituents is 2. The lowest BCUT2D eigenvalue weighted by Gasteiger charge is -2.15. The SMILES string of the molecule is CCc1ccc(-c2cc3cc(C(N)=NO)ccc3[nH]2)c(O)c1-c1cc(F)ccc1O. The molecular weight excluding hydrogens is 385 g/mol. The average molecular weight is 405 g/mol. The van der Waals surface area contributed by atoms with E-state index in [0.717, 1.165) is 16.5 Å². The molecule has 6 nitrogen and oxygen atoms in total. The van der Waals surface area contributed by atoms with Crippen molar-refractivity contribution < 1.29 is 19.8 Å². The Hall–Kier alpha value is -4.00. The van der Waals surface area contributed by atoms with Gasteiger partial charge in [-0.15, -0.1) is 0 Å². The normalized spacial score (nSPS) is 11.9. The minimum absolute atomic E-state index is 0.00124. The molecule has 0 amide bonds. The summed E-state index contributed by atoms with van der Waals surface area (Å²) in [4.78, 5) is 3.24. The number of phenols is 2. The molecule has 0 atom stereocenters. The Labute approximate surface area is 171 Å². The summed E-state index contributed by atoms with van der Waals surface area (Å²) < 4.78 is 13.9. The van der Waals surface area contributed by atoms with Crippen LogP contribution in [0, 0.1) is 5.82 Å². The van der Waals surface area contributed by atoms with Gasteiger partial charge in [-0.05, 0) is 60.5 Å². The number of oxime groups is 1. The van der Waals surface area contributed by atoms with E-state index in [1.54, 1.807) is 24.3 Å². The molecule has 1 heterocycles. The largest absolute Gasteiger partial charge is 0.507 e. The van der Waals surface area contributed by atoms with Gasteiger partial charge in [0.1, 0.15) is 17.3 Å². The Morgan fingerprint density at radius 2 is 1.83 bits per heavy atom. The van der Waals surface area contributed by atoms with Crippen LogP contribution in [-0.2, 0) is 6.42 Å². The molecule has 0 fully saturated rings. The highest BCUT2D eigenvalue weighted by atomic mass is 19.1. The van der Waals surface area contributed by atoms with E-state index in [0.29, 0.717) is 28.8 Å². The molecule has 0 saturated heterocycles. The minimum Gasteiger partial charge on any atom is -0.507 e. The van der Waals surface area contributed by atoms with Gasteiger partial charge in [0, 0.05) is 33.2 Å². The Morgan fingerprint density at radius 3 is 2.57 bits per heavy atom. The first kappa shape index (κ1) is 19.3. The minimum atomic E-state index is -0.504. The zero-order valence-electron chi connectivity index (χ0n) is 16.1. The van der Waals surface area contributed by atoms with Gasteiger partial charge in [-0.25, -0.2) is 4.39 Å². The topological polar surface area (TPSA) is 115 Å². The van der Waals surface area contributed by atoms with Crippen molar-refractivity contribution in [3.05, 3.63) is 71.5 Å². The van der Waals surface area contributed by atoms with E-state index in [-0.39, 0.29) is 22.9 Å². The van der Waals surface area contributed by atoms with E-state index in [2.05, 4.69) is 10.1 Å². The van der Waals surface area contributed by atoms with Gasteiger partial charge in [0.05, 0.1) is 5.69 Å². The van der Waals surface area contributed by atoms with Crippen LogP contribution in [0.4, 0.5) is 4.39 Å². The smallest absolute Gasteiger partial charge is 0.170 e. The van der Waals surface area contributed by atoms with Crippen LogP contribution in [0.1, 0.15) is 18.1 Å². The second kappa shape index (κ2) is 7.44. The number of hydrogen-bond donors (Lipinski definition) is 5. The lowest BCUT2D eigenvalue weighted by atomic mass is 9.92. The van der Waals surface area contributed by atoms with Crippen LogP contribution in [0.5, 0.6) is 11.5 Å². The highest BCUT2D eigenvalue weighted by Gasteiger charge is 2.19. The first-order chi connectivity index (χ1) is 14.4. The van der Waals surface area contributed by atoms with E-state index in [1.807, 2.05) is 19.1 Å². The molecule has 0 radical (unpaired) electrons. The third-order valence-corrected chi connectivity index (χ3v) is 5.19. The number of nitrogens with one attached hydrogen (secondary N) is 1. The third-order valence-electron chi connectivity index (χ3n) is 5.19. The summed E-state index contributed by atoms with van der Waals surface area (Å²) in [5.74, 6) is -0.674. The Bertz CT molecular complexity index is 1290. The quantitative estimate of drug-likeness (QED) is 0.146. The van der Waals surface area contributed by atoms with Crippen LogP contribution in [0.3, 0.4) is 0 Å². The second-order valence-corrected chi connectivity index (χ2v) is 6.98. The molecule has 1 aromatic heterocycles. The highest BCUT2D eigenvalue weighted by molar-refractivity contribution is 6.01. The molecule has 152 valence electrons. The van der Waals surface area contributed by atoms with Crippen molar-refractivity contribution in [1.29, 1.82) is 0 Å². The van der Waals surface area contributed by atoms with Gasteiger partial charge in [-0.3, -0.25) is 0 Å². The fraction of sp³-hybridized carbons (Fsp3) is 0.0870. The molecule has 30 heavy (non-hydrogen) atoms. The van der Waals surface area contributed by atoms with Crippen molar-refractivity contribution in [3.63, 3.8) is 0 Å². The van der Waals surface area contributed by atoms with Crippen molar-refractivity contribution in [2.45, 2.75) is 13.3 Å². The number of aromatic hydroxyl groups is 2. The summed E-state index contributed by atoms with van der Waals surface area (Å²) in [6, 6.07) is 14.4. The number of amidine groups is 1. The number of H-pyrrole nitrogens is 1. The molecule has 0 unspecified atom stereocenters. The number of fused-ring (bicyclic) bond motifs is 1. The Morgan fingerprint density at radius 1 is 1.03 bits per heavy atom. The maximum Gasteiger partial charge on any atom is 0.170 e. The Balaban J connectivity index is 1.91. The Kier molecular flexibility index (Phi) is 4.79. The number of nitrogens with two attached hydrogens (primary N) is 1. The van der Waals surface area contributed by atoms with E-state index in [9.17, 15) is 14.6 Å². The van der Waals surface area contributed by atoms with Crippen LogP contribution in [-0.4, -0.2) is 26.2 Å². The molecule has 3 aromatic carbocycles. The maximum absolute atomic E-state index is 13.9. The fourth-order valence-corrected chi connectivity index (χ4v) is 3.65. The van der Waals surface area contributed by atoms with Gasteiger partial charge in [0.15, 0.2) is 5.84 Å². The van der Waals surface area contributed by atoms with Gasteiger partial charge < -0.3 is 26.1 Å². The number of aromatic amines is 1. The molecule has 0 aliphatic rings. The third kappa shape index (κ3) is 3.20. The first-order valence-corrected chi connectivity index (χ1v) is 9.37. The van der Waals surface area contributed by atoms with Crippen LogP contribution in [0.2, 0.25) is 0 Å². The number of nitrogens with zero attached hydrogens (tertiary/aromatic N) is 1. The number of rotatable bonds is 4.